The van der Waals surface area contributed by atoms with Gasteiger partial charge in [-0.05, 0) is 55.1 Å². The number of Topliss-reactive ketones (excluding diaryl/α,β-unsaturated/α-hetero) is 1. The molecule has 1 amide bonds. The average Bonchev–Trinajstić information content (AvgIpc) is 3.04. The molecule has 0 saturated carbocycles. The van der Waals surface area contributed by atoms with Crippen LogP contribution in [0.2, 0.25) is 5.02 Å². The predicted octanol–water partition coefficient (Wildman–Crippen LogP) is 4.03. The van der Waals surface area contributed by atoms with Crippen LogP contribution in [0, 0.1) is 0 Å². The number of aliphatic hydroxyl groups excluding tert-OH is 1. The zero-order valence-electron chi connectivity index (χ0n) is 18.9. The van der Waals surface area contributed by atoms with Gasteiger partial charge in [0.05, 0.1) is 11.6 Å². The highest BCUT2D eigenvalue weighted by atomic mass is 35.5. The molecule has 174 valence electrons. The maximum absolute atomic E-state index is 13.1. The lowest BCUT2D eigenvalue weighted by Crippen LogP contribution is -2.38. The fourth-order valence-corrected chi connectivity index (χ4v) is 4.05. The summed E-state index contributed by atoms with van der Waals surface area (Å²) in [6, 6.07) is 12.2. The first-order valence-corrected chi connectivity index (χ1v) is 11.2. The Labute approximate surface area is 198 Å². The summed E-state index contributed by atoms with van der Waals surface area (Å²) < 4.78 is 5.20. The molecule has 1 aliphatic rings. The molecule has 33 heavy (non-hydrogen) atoms. The number of likely N-dealkylation sites (N-methyl/N-ethyl adjacent to an activating group) is 1. The van der Waals surface area contributed by atoms with Crippen molar-refractivity contribution in [1.82, 2.24) is 9.80 Å². The minimum atomic E-state index is -0.827. The third-order valence-electron chi connectivity index (χ3n) is 5.64. The number of nitrogens with zero attached hydrogens (tertiary/aromatic N) is 2. The molecule has 1 atom stereocenters. The molecule has 2 aromatic carbocycles. The fourth-order valence-electron chi connectivity index (χ4n) is 3.92. The Balaban J connectivity index is 2.11. The van der Waals surface area contributed by atoms with Gasteiger partial charge in [-0.3, -0.25) is 14.4 Å². The molecule has 1 heterocycles. The lowest BCUT2D eigenvalue weighted by atomic mass is 9.95. The van der Waals surface area contributed by atoms with Crippen molar-refractivity contribution in [2.45, 2.75) is 26.8 Å². The molecule has 7 nitrogen and oxygen atoms in total. The van der Waals surface area contributed by atoms with E-state index in [1.807, 2.05) is 13.8 Å². The third kappa shape index (κ3) is 5.43. The van der Waals surface area contributed by atoms with E-state index in [0.29, 0.717) is 35.0 Å². The minimum absolute atomic E-state index is 0.0122. The van der Waals surface area contributed by atoms with Crippen molar-refractivity contribution in [2.75, 3.05) is 26.2 Å². The minimum Gasteiger partial charge on any atom is -0.507 e. The van der Waals surface area contributed by atoms with Gasteiger partial charge in [-0.2, -0.15) is 0 Å². The van der Waals surface area contributed by atoms with Crippen LogP contribution in [0.15, 0.2) is 54.1 Å². The number of esters is 1. The average molecular weight is 471 g/mol. The lowest BCUT2D eigenvalue weighted by molar-refractivity contribution is -0.140. The number of ether oxygens (including phenoxy) is 1. The molecular weight excluding hydrogens is 444 g/mol. The summed E-state index contributed by atoms with van der Waals surface area (Å²) in [5.41, 5.74) is 0.923. The van der Waals surface area contributed by atoms with Gasteiger partial charge in [0.1, 0.15) is 11.5 Å². The summed E-state index contributed by atoms with van der Waals surface area (Å²) in [5.74, 6) is -1.91. The first kappa shape index (κ1) is 24.5. The first-order valence-electron chi connectivity index (χ1n) is 10.8. The van der Waals surface area contributed by atoms with Gasteiger partial charge in [-0.15, -0.1) is 0 Å². The second-order valence-electron chi connectivity index (χ2n) is 7.69. The van der Waals surface area contributed by atoms with Crippen LogP contribution < -0.4 is 4.74 Å². The van der Waals surface area contributed by atoms with Crippen molar-refractivity contribution in [2.24, 2.45) is 0 Å². The predicted molar refractivity (Wildman–Crippen MR) is 126 cm³/mol. The number of likely N-dealkylation sites (tertiary alicyclic amines) is 1. The second-order valence-corrected chi connectivity index (χ2v) is 8.13. The van der Waals surface area contributed by atoms with Crippen LogP contribution in [0.3, 0.4) is 0 Å². The summed E-state index contributed by atoms with van der Waals surface area (Å²) in [5, 5.41) is 11.6. The van der Waals surface area contributed by atoms with Crippen LogP contribution in [0.5, 0.6) is 5.75 Å². The largest absolute Gasteiger partial charge is 0.507 e. The standard InChI is InChI=1S/C25H27ClN2O5/c1-4-27(5-2)13-14-28-22(18-7-6-8-20(15-18)33-16(3)29)21(24(31)25(28)32)23(30)17-9-11-19(26)12-10-17/h6-12,15,22,30H,4-5,13-14H2,1-3H3/b23-21-. The molecule has 0 aliphatic carbocycles. The topological polar surface area (TPSA) is 87.2 Å². The molecule has 8 heteroatoms. The van der Waals surface area contributed by atoms with Crippen LogP contribution in [0.4, 0.5) is 0 Å². The van der Waals surface area contributed by atoms with E-state index in [2.05, 4.69) is 4.90 Å². The summed E-state index contributed by atoms with van der Waals surface area (Å²) in [6.07, 6.45) is 0. The van der Waals surface area contributed by atoms with E-state index >= 15 is 0 Å². The summed E-state index contributed by atoms with van der Waals surface area (Å²) >= 11 is 5.96. The van der Waals surface area contributed by atoms with Crippen LogP contribution in [-0.2, 0) is 14.4 Å². The third-order valence-corrected chi connectivity index (χ3v) is 5.90. The number of hydrogen-bond donors (Lipinski definition) is 1. The van der Waals surface area contributed by atoms with Crippen molar-refractivity contribution < 1.29 is 24.2 Å². The molecule has 2 aromatic rings. The Bertz CT molecular complexity index is 1080. The molecule has 0 aromatic heterocycles. The normalized spacial score (nSPS) is 17.6. The number of amides is 1. The van der Waals surface area contributed by atoms with Crippen molar-refractivity contribution >= 4 is 35.0 Å². The second kappa shape index (κ2) is 10.6. The molecule has 1 saturated heterocycles. The van der Waals surface area contributed by atoms with Gasteiger partial charge < -0.3 is 19.6 Å². The van der Waals surface area contributed by atoms with Crippen LogP contribution in [0.1, 0.15) is 37.9 Å². The van der Waals surface area contributed by atoms with E-state index < -0.39 is 23.7 Å². The van der Waals surface area contributed by atoms with Crippen LogP contribution >= 0.6 is 11.6 Å². The molecule has 0 spiro atoms. The highest BCUT2D eigenvalue weighted by molar-refractivity contribution is 6.46. The van der Waals surface area contributed by atoms with Gasteiger partial charge in [0.15, 0.2) is 0 Å². The molecular formula is C25H27ClN2O5. The van der Waals surface area contributed by atoms with Crippen molar-refractivity contribution in [3.63, 3.8) is 0 Å². The van der Waals surface area contributed by atoms with Gasteiger partial charge >= 0.3 is 5.97 Å². The van der Waals surface area contributed by atoms with E-state index in [9.17, 15) is 19.5 Å². The van der Waals surface area contributed by atoms with Gasteiger partial charge in [0, 0.05) is 30.6 Å². The number of carbonyl (C=O) groups excluding carboxylic acids is 3. The maximum Gasteiger partial charge on any atom is 0.308 e. The monoisotopic (exact) mass is 470 g/mol. The lowest BCUT2D eigenvalue weighted by Gasteiger charge is -2.28. The molecule has 1 fully saturated rings. The van der Waals surface area contributed by atoms with E-state index in [-0.39, 0.29) is 11.3 Å². The first-order chi connectivity index (χ1) is 15.8. The quantitative estimate of drug-likeness (QED) is 0.206. The van der Waals surface area contributed by atoms with Gasteiger partial charge in [0.2, 0.25) is 0 Å². The molecule has 3 rings (SSSR count). The van der Waals surface area contributed by atoms with Crippen molar-refractivity contribution in [3.8, 4) is 5.75 Å². The zero-order chi connectivity index (χ0) is 24.1. The van der Waals surface area contributed by atoms with E-state index in [0.717, 1.165) is 13.1 Å². The maximum atomic E-state index is 13.1. The van der Waals surface area contributed by atoms with E-state index in [1.165, 1.54) is 11.8 Å². The summed E-state index contributed by atoms with van der Waals surface area (Å²) in [7, 11) is 0. The number of ketones is 1. The molecule has 1 N–H and O–H groups in total. The van der Waals surface area contributed by atoms with Crippen LogP contribution in [-0.4, -0.2) is 58.7 Å². The van der Waals surface area contributed by atoms with E-state index in [4.69, 9.17) is 16.3 Å². The number of benzene rings is 2. The number of carbonyl (C=O) groups is 3. The fraction of sp³-hybridized carbons (Fsp3) is 0.320. The molecule has 1 unspecified atom stereocenters. The Morgan fingerprint density at radius 2 is 1.79 bits per heavy atom. The van der Waals surface area contributed by atoms with Gasteiger partial charge in [-0.25, -0.2) is 0 Å². The Morgan fingerprint density at radius 3 is 2.39 bits per heavy atom. The van der Waals surface area contributed by atoms with E-state index in [1.54, 1.807) is 48.5 Å². The summed E-state index contributed by atoms with van der Waals surface area (Å²) in [6.45, 7) is 7.82. The van der Waals surface area contributed by atoms with Crippen LogP contribution in [0.25, 0.3) is 5.76 Å². The highest BCUT2D eigenvalue weighted by Gasteiger charge is 2.46. The SMILES string of the molecule is CCN(CC)CCN1C(=O)C(=O)/C(=C(\O)c2ccc(Cl)cc2)C1c1cccc(OC(C)=O)c1. The number of aliphatic hydroxyl groups is 1. The molecule has 0 radical (unpaired) electrons. The summed E-state index contributed by atoms with van der Waals surface area (Å²) in [4.78, 5) is 41.2. The molecule has 1 aliphatic heterocycles. The smallest absolute Gasteiger partial charge is 0.308 e. The van der Waals surface area contributed by atoms with Crippen molar-refractivity contribution in [3.05, 3.63) is 70.3 Å². The van der Waals surface area contributed by atoms with Crippen molar-refractivity contribution in [1.29, 1.82) is 0 Å². The Hall–Kier alpha value is -3.16. The number of halogens is 1. The molecule has 0 bridgehead atoms. The number of hydrogen-bond acceptors (Lipinski definition) is 6. The van der Waals surface area contributed by atoms with Gasteiger partial charge in [0.25, 0.3) is 11.7 Å². The Morgan fingerprint density at radius 1 is 1.12 bits per heavy atom. The number of rotatable bonds is 8. The highest BCUT2D eigenvalue weighted by Crippen LogP contribution is 2.40. The van der Waals surface area contributed by atoms with Gasteiger partial charge in [-0.1, -0.05) is 37.6 Å². The zero-order valence-corrected chi connectivity index (χ0v) is 19.6. The Kier molecular flexibility index (Phi) is 7.89.